The second kappa shape index (κ2) is 10.5. The van der Waals surface area contributed by atoms with Crippen LogP contribution in [0.3, 0.4) is 0 Å². The van der Waals surface area contributed by atoms with Crippen molar-refractivity contribution in [3.8, 4) is 5.75 Å². The Morgan fingerprint density at radius 2 is 1.90 bits per heavy atom. The van der Waals surface area contributed by atoms with Crippen molar-refractivity contribution in [1.82, 2.24) is 4.72 Å². The maximum Gasteiger partial charge on any atom is 0.264 e. The minimum absolute atomic E-state index is 0.218. The molecule has 2 heterocycles. The highest BCUT2D eigenvalue weighted by molar-refractivity contribution is 7.90. The Bertz CT molecular complexity index is 1410. The molecule has 2 bridgehead atoms. The fourth-order valence-corrected chi connectivity index (χ4v) is 7.90. The molecule has 0 unspecified atom stereocenters. The van der Waals surface area contributed by atoms with Gasteiger partial charge in [-0.2, -0.15) is 0 Å². The van der Waals surface area contributed by atoms with Gasteiger partial charge in [0.15, 0.2) is 0 Å². The number of aryl methyl sites for hydroxylation is 1. The standard InChI is InChI=1S/C30H35ClN2O5S/c31-24-9-11-26-21(15-24)3-1-13-30(26)18-33-17-23-6-5-20(23)7-10-25(34)4-2-14-39(36,37)32-29(35)22-8-12-28(38-19-30)27(33)16-22/h2,4,8-9,11-12,15-16,20,23,25,34H,1,3,5-7,10,13-14,17-19H2,(H,32,35)/b4-2+/t20-,23-,25+,30-/m0/s1. The number of hydrogen-bond donors (Lipinski definition) is 2. The number of carbonyl (C=O) groups excluding carboxylic acids is 1. The number of sulfonamides is 1. The molecule has 6 rings (SSSR count). The zero-order valence-electron chi connectivity index (χ0n) is 21.9. The third-order valence-electron chi connectivity index (χ3n) is 9.08. The smallest absolute Gasteiger partial charge is 0.264 e. The second-order valence-electron chi connectivity index (χ2n) is 11.7. The minimum atomic E-state index is -3.89. The van der Waals surface area contributed by atoms with E-state index in [0.717, 1.165) is 62.3 Å². The first-order valence-electron chi connectivity index (χ1n) is 13.9. The molecule has 4 atom stereocenters. The lowest BCUT2D eigenvalue weighted by Crippen LogP contribution is -2.48. The first kappa shape index (κ1) is 26.7. The summed E-state index contributed by atoms with van der Waals surface area (Å²) in [6.07, 6.45) is 9.01. The van der Waals surface area contributed by atoms with Crippen LogP contribution in [0, 0.1) is 11.8 Å². The van der Waals surface area contributed by atoms with Crippen LogP contribution in [0.15, 0.2) is 48.6 Å². The number of aliphatic hydroxyl groups is 1. The summed E-state index contributed by atoms with van der Waals surface area (Å²) >= 11 is 6.36. The van der Waals surface area contributed by atoms with Crippen LogP contribution in [-0.4, -0.2) is 51.0 Å². The van der Waals surface area contributed by atoms with Crippen molar-refractivity contribution in [1.29, 1.82) is 0 Å². The monoisotopic (exact) mass is 570 g/mol. The third-order valence-corrected chi connectivity index (χ3v) is 10.4. The van der Waals surface area contributed by atoms with E-state index in [2.05, 4.69) is 21.8 Å². The Morgan fingerprint density at radius 1 is 1.08 bits per heavy atom. The molecule has 1 spiro atoms. The molecule has 9 heteroatoms. The van der Waals surface area contributed by atoms with E-state index in [-0.39, 0.29) is 16.7 Å². The maximum absolute atomic E-state index is 13.0. The van der Waals surface area contributed by atoms with E-state index < -0.39 is 22.0 Å². The Labute approximate surface area is 235 Å². The zero-order chi connectivity index (χ0) is 27.2. The molecular formula is C30H35ClN2O5S. The average Bonchev–Trinajstić information content (AvgIpc) is 3.03. The summed E-state index contributed by atoms with van der Waals surface area (Å²) in [5.74, 6) is 0.647. The van der Waals surface area contributed by atoms with Gasteiger partial charge < -0.3 is 14.7 Å². The number of ether oxygens (including phenoxy) is 1. The van der Waals surface area contributed by atoms with Crippen molar-refractivity contribution in [2.24, 2.45) is 11.8 Å². The Balaban J connectivity index is 1.40. The van der Waals surface area contributed by atoms with Crippen LogP contribution in [0.1, 0.15) is 60.0 Å². The fraction of sp³-hybridized carbons (Fsp3) is 0.500. The van der Waals surface area contributed by atoms with E-state index in [0.29, 0.717) is 30.6 Å². The van der Waals surface area contributed by atoms with Gasteiger partial charge >= 0.3 is 0 Å². The number of benzene rings is 2. The SMILES string of the molecule is O=C1NS(=O)(=O)C/C=C/[C@@H](O)CC[C@@H]2CC[C@H]2CN2C[C@@]3(CCCc4cc(Cl)ccc43)COc3ccc1cc32. The maximum atomic E-state index is 13.0. The third kappa shape index (κ3) is 5.43. The van der Waals surface area contributed by atoms with Crippen molar-refractivity contribution in [2.45, 2.75) is 56.5 Å². The van der Waals surface area contributed by atoms with Gasteiger partial charge in [-0.05, 0) is 98.2 Å². The van der Waals surface area contributed by atoms with E-state index in [9.17, 15) is 18.3 Å². The summed E-state index contributed by atoms with van der Waals surface area (Å²) in [4.78, 5) is 15.4. The fourth-order valence-electron chi connectivity index (χ4n) is 6.86. The molecule has 2 N–H and O–H groups in total. The summed E-state index contributed by atoms with van der Waals surface area (Å²) in [7, 11) is -3.89. The van der Waals surface area contributed by atoms with Crippen molar-refractivity contribution in [3.63, 3.8) is 0 Å². The number of rotatable bonds is 0. The lowest BCUT2D eigenvalue weighted by atomic mass is 9.68. The first-order chi connectivity index (χ1) is 18.7. The number of amides is 1. The van der Waals surface area contributed by atoms with Gasteiger partial charge in [0.25, 0.3) is 5.91 Å². The van der Waals surface area contributed by atoms with Crippen LogP contribution >= 0.6 is 11.6 Å². The average molecular weight is 571 g/mol. The highest BCUT2D eigenvalue weighted by Gasteiger charge is 2.43. The Hall–Kier alpha value is -2.55. The van der Waals surface area contributed by atoms with Crippen molar-refractivity contribution in [2.75, 3.05) is 30.3 Å². The number of carbonyl (C=O) groups is 1. The van der Waals surface area contributed by atoms with Gasteiger partial charge in [-0.3, -0.25) is 4.79 Å². The molecule has 2 aromatic carbocycles. The summed E-state index contributed by atoms with van der Waals surface area (Å²) in [6.45, 7) is 2.09. The molecule has 7 nitrogen and oxygen atoms in total. The molecule has 2 aliphatic carbocycles. The van der Waals surface area contributed by atoms with Crippen LogP contribution in [0.4, 0.5) is 5.69 Å². The largest absolute Gasteiger partial charge is 0.490 e. The predicted octanol–water partition coefficient (Wildman–Crippen LogP) is 4.61. The summed E-state index contributed by atoms with van der Waals surface area (Å²) in [5, 5.41) is 11.2. The van der Waals surface area contributed by atoms with Crippen molar-refractivity contribution in [3.05, 3.63) is 70.3 Å². The number of halogens is 1. The van der Waals surface area contributed by atoms with E-state index in [1.165, 1.54) is 23.3 Å². The molecule has 208 valence electrons. The van der Waals surface area contributed by atoms with Crippen LogP contribution < -0.4 is 14.4 Å². The van der Waals surface area contributed by atoms with Gasteiger partial charge in [0.2, 0.25) is 10.0 Å². The van der Waals surface area contributed by atoms with Gasteiger partial charge in [0.1, 0.15) is 5.75 Å². The summed E-state index contributed by atoms with van der Waals surface area (Å²) < 4.78 is 33.8. The van der Waals surface area contributed by atoms with E-state index in [1.807, 2.05) is 6.07 Å². The molecular weight excluding hydrogens is 536 g/mol. The van der Waals surface area contributed by atoms with Gasteiger partial charge in [-0.1, -0.05) is 29.8 Å². The molecule has 4 aliphatic rings. The normalized spacial score (nSPS) is 31.1. The van der Waals surface area contributed by atoms with E-state index in [1.54, 1.807) is 18.2 Å². The van der Waals surface area contributed by atoms with Crippen LogP contribution in [0.2, 0.25) is 5.02 Å². The number of hydrogen-bond acceptors (Lipinski definition) is 6. The Kier molecular flexibility index (Phi) is 7.14. The number of aliphatic hydroxyl groups excluding tert-OH is 1. The summed E-state index contributed by atoms with van der Waals surface area (Å²) in [6, 6.07) is 11.4. The van der Waals surface area contributed by atoms with Gasteiger partial charge in [-0.25, -0.2) is 13.1 Å². The Morgan fingerprint density at radius 3 is 2.72 bits per heavy atom. The van der Waals surface area contributed by atoms with Crippen molar-refractivity contribution >= 4 is 33.2 Å². The molecule has 39 heavy (non-hydrogen) atoms. The zero-order valence-corrected chi connectivity index (χ0v) is 23.5. The minimum Gasteiger partial charge on any atom is -0.490 e. The van der Waals surface area contributed by atoms with Gasteiger partial charge in [0.05, 0.1) is 24.2 Å². The molecule has 1 fully saturated rings. The van der Waals surface area contributed by atoms with E-state index in [4.69, 9.17) is 16.3 Å². The van der Waals surface area contributed by atoms with Crippen LogP contribution in [0.5, 0.6) is 5.75 Å². The van der Waals surface area contributed by atoms with Gasteiger partial charge in [0, 0.05) is 29.1 Å². The highest BCUT2D eigenvalue weighted by atomic mass is 35.5. The number of nitrogens with zero attached hydrogens (tertiary/aromatic N) is 1. The molecule has 1 amide bonds. The predicted molar refractivity (Wildman–Crippen MR) is 152 cm³/mol. The number of nitrogens with one attached hydrogen (secondary N) is 1. The van der Waals surface area contributed by atoms with Crippen LogP contribution in [0.25, 0.3) is 0 Å². The van der Waals surface area contributed by atoms with Crippen molar-refractivity contribution < 1.29 is 23.1 Å². The van der Waals surface area contributed by atoms with Gasteiger partial charge in [-0.15, -0.1) is 0 Å². The molecule has 2 aromatic rings. The molecule has 0 radical (unpaired) electrons. The molecule has 1 saturated carbocycles. The lowest BCUT2D eigenvalue weighted by Gasteiger charge is -2.44. The lowest BCUT2D eigenvalue weighted by molar-refractivity contribution is 0.0981. The summed E-state index contributed by atoms with van der Waals surface area (Å²) in [5.41, 5.74) is 3.44. The molecule has 0 aromatic heterocycles. The first-order valence-corrected chi connectivity index (χ1v) is 15.9. The number of fused-ring (bicyclic) bond motifs is 4. The molecule has 0 saturated heterocycles. The number of anilines is 1. The van der Waals surface area contributed by atoms with Crippen LogP contribution in [-0.2, 0) is 21.9 Å². The highest BCUT2D eigenvalue weighted by Crippen LogP contribution is 2.46. The molecule has 2 aliphatic heterocycles. The topological polar surface area (TPSA) is 95.9 Å². The second-order valence-corrected chi connectivity index (χ2v) is 13.9. The van der Waals surface area contributed by atoms with E-state index >= 15 is 0 Å². The quantitative estimate of drug-likeness (QED) is 0.449.